The smallest absolute Gasteiger partial charge is 0.137 e. The van der Waals surface area contributed by atoms with Gasteiger partial charge < -0.3 is 10.1 Å². The molecule has 0 bridgehead atoms. The van der Waals surface area contributed by atoms with E-state index in [1.54, 1.807) is 6.20 Å². The topological polar surface area (TPSA) is 34.1 Å². The Morgan fingerprint density at radius 2 is 2.10 bits per heavy atom. The number of benzene rings is 1. The largest absolute Gasteiger partial charge is 0.492 e. The van der Waals surface area contributed by atoms with Crippen molar-refractivity contribution in [3.05, 3.63) is 58.9 Å². The molecule has 0 fully saturated rings. The molecule has 0 spiro atoms. The van der Waals surface area contributed by atoms with Crippen LogP contribution in [0, 0.1) is 0 Å². The summed E-state index contributed by atoms with van der Waals surface area (Å²) in [6, 6.07) is 10.1. The molecule has 4 heteroatoms. The third-order valence-corrected chi connectivity index (χ3v) is 3.71. The van der Waals surface area contributed by atoms with Gasteiger partial charge in [0, 0.05) is 17.3 Å². The summed E-state index contributed by atoms with van der Waals surface area (Å²) < 4.78 is 5.65. The molecule has 1 N–H and O–H groups in total. The Morgan fingerprint density at radius 1 is 1.29 bits per heavy atom. The number of hydrogen-bond donors (Lipinski definition) is 1. The van der Waals surface area contributed by atoms with Gasteiger partial charge in [-0.15, -0.1) is 0 Å². The summed E-state index contributed by atoms with van der Waals surface area (Å²) in [5.74, 6) is 0.814. The molecular formula is C17H21ClN2O. The van der Waals surface area contributed by atoms with Crippen LogP contribution < -0.4 is 10.1 Å². The Labute approximate surface area is 131 Å². The molecule has 0 saturated heterocycles. The molecule has 0 saturated carbocycles. The van der Waals surface area contributed by atoms with Crippen molar-refractivity contribution in [2.24, 2.45) is 0 Å². The number of aromatic nitrogens is 1. The van der Waals surface area contributed by atoms with Crippen molar-refractivity contribution in [1.29, 1.82) is 0 Å². The fourth-order valence-electron chi connectivity index (χ4n) is 2.20. The van der Waals surface area contributed by atoms with Crippen LogP contribution in [0.3, 0.4) is 0 Å². The lowest BCUT2D eigenvalue weighted by Crippen LogP contribution is -2.19. The molecule has 0 aliphatic carbocycles. The Kier molecular flexibility index (Phi) is 6.03. The number of halogens is 1. The third kappa shape index (κ3) is 4.45. The highest BCUT2D eigenvalue weighted by atomic mass is 35.5. The lowest BCUT2D eigenvalue weighted by molar-refractivity contribution is 0.315. The molecule has 3 nitrogen and oxygen atoms in total. The van der Waals surface area contributed by atoms with Crippen molar-refractivity contribution >= 4 is 11.6 Å². The number of ether oxygens (including phenoxy) is 1. The van der Waals surface area contributed by atoms with E-state index < -0.39 is 0 Å². The monoisotopic (exact) mass is 304 g/mol. The average molecular weight is 305 g/mol. The number of hydrogen-bond acceptors (Lipinski definition) is 3. The molecule has 1 aromatic heterocycles. The van der Waals surface area contributed by atoms with Crippen molar-refractivity contribution < 1.29 is 4.74 Å². The molecular weight excluding hydrogens is 284 g/mol. The predicted octanol–water partition coefficient (Wildman–Crippen LogP) is 4.03. The zero-order valence-corrected chi connectivity index (χ0v) is 13.2. The predicted molar refractivity (Wildman–Crippen MR) is 87.0 cm³/mol. The van der Waals surface area contributed by atoms with Crippen LogP contribution in [-0.4, -0.2) is 18.6 Å². The normalized spacial score (nSPS) is 12.1. The van der Waals surface area contributed by atoms with E-state index in [1.807, 2.05) is 37.5 Å². The minimum Gasteiger partial charge on any atom is -0.492 e. The van der Waals surface area contributed by atoms with E-state index in [0.29, 0.717) is 6.61 Å². The average Bonchev–Trinajstić information content (AvgIpc) is 2.52. The van der Waals surface area contributed by atoms with Crippen LogP contribution >= 0.6 is 11.6 Å². The standard InChI is InChI=1S/C17H21ClN2O/c1-3-8-21-15-9-14(11-20-12-15)17(19-2)10-13-6-4-5-7-16(13)18/h4-7,9,11-12,17,19H,3,8,10H2,1-2H3. The van der Waals surface area contributed by atoms with Crippen molar-refractivity contribution in [2.75, 3.05) is 13.7 Å². The fraction of sp³-hybridized carbons (Fsp3) is 0.353. The van der Waals surface area contributed by atoms with Gasteiger partial charge in [0.25, 0.3) is 0 Å². The second-order valence-electron chi connectivity index (χ2n) is 4.94. The summed E-state index contributed by atoms with van der Waals surface area (Å²) in [5.41, 5.74) is 2.23. The minimum atomic E-state index is 0.155. The van der Waals surface area contributed by atoms with E-state index in [9.17, 15) is 0 Å². The van der Waals surface area contributed by atoms with E-state index in [-0.39, 0.29) is 6.04 Å². The molecule has 21 heavy (non-hydrogen) atoms. The Balaban J connectivity index is 2.15. The third-order valence-electron chi connectivity index (χ3n) is 3.34. The van der Waals surface area contributed by atoms with Gasteiger partial charge in [-0.2, -0.15) is 0 Å². The van der Waals surface area contributed by atoms with Gasteiger partial charge in [-0.1, -0.05) is 36.7 Å². The molecule has 2 aromatic rings. The molecule has 1 heterocycles. The fourth-order valence-corrected chi connectivity index (χ4v) is 2.41. The summed E-state index contributed by atoms with van der Waals surface area (Å²) in [4.78, 5) is 4.27. The quantitative estimate of drug-likeness (QED) is 0.838. The first-order chi connectivity index (χ1) is 10.2. The number of nitrogens with one attached hydrogen (secondary N) is 1. The summed E-state index contributed by atoms with van der Waals surface area (Å²) >= 11 is 6.24. The Morgan fingerprint density at radius 3 is 2.81 bits per heavy atom. The highest BCUT2D eigenvalue weighted by Gasteiger charge is 2.13. The molecule has 1 unspecified atom stereocenters. The number of pyridine rings is 1. The highest BCUT2D eigenvalue weighted by molar-refractivity contribution is 6.31. The molecule has 1 atom stereocenters. The highest BCUT2D eigenvalue weighted by Crippen LogP contribution is 2.24. The second kappa shape index (κ2) is 8.01. The molecule has 0 aliphatic rings. The van der Waals surface area contributed by atoms with Crippen LogP contribution in [0.15, 0.2) is 42.7 Å². The molecule has 2 rings (SSSR count). The first-order valence-corrected chi connectivity index (χ1v) is 7.60. The van der Waals surface area contributed by atoms with Gasteiger partial charge in [-0.25, -0.2) is 0 Å². The van der Waals surface area contributed by atoms with E-state index in [1.165, 1.54) is 0 Å². The minimum absolute atomic E-state index is 0.155. The summed E-state index contributed by atoms with van der Waals surface area (Å²) in [5, 5.41) is 4.12. The maximum atomic E-state index is 6.24. The summed E-state index contributed by atoms with van der Waals surface area (Å²) in [7, 11) is 1.95. The zero-order valence-electron chi connectivity index (χ0n) is 12.5. The summed E-state index contributed by atoms with van der Waals surface area (Å²) in [6.45, 7) is 2.80. The first-order valence-electron chi connectivity index (χ1n) is 7.23. The lowest BCUT2D eigenvalue weighted by atomic mass is 10.0. The van der Waals surface area contributed by atoms with E-state index in [0.717, 1.165) is 34.7 Å². The number of rotatable bonds is 7. The van der Waals surface area contributed by atoms with E-state index in [4.69, 9.17) is 16.3 Å². The molecule has 0 aliphatic heterocycles. The first kappa shape index (κ1) is 15.8. The van der Waals surface area contributed by atoms with Crippen LogP contribution in [0.5, 0.6) is 5.75 Å². The van der Waals surface area contributed by atoms with E-state index >= 15 is 0 Å². The molecule has 0 radical (unpaired) electrons. The van der Waals surface area contributed by atoms with Gasteiger partial charge in [0.15, 0.2) is 0 Å². The SMILES string of the molecule is CCCOc1cncc(C(Cc2ccccc2Cl)NC)c1. The van der Waals surface area contributed by atoms with E-state index in [2.05, 4.69) is 23.3 Å². The van der Waals surface area contributed by atoms with Gasteiger partial charge in [0.05, 0.1) is 12.8 Å². The number of nitrogens with zero attached hydrogens (tertiary/aromatic N) is 1. The lowest BCUT2D eigenvalue weighted by Gasteiger charge is -2.18. The maximum Gasteiger partial charge on any atom is 0.137 e. The van der Waals surface area contributed by atoms with Crippen LogP contribution in [-0.2, 0) is 6.42 Å². The molecule has 1 aromatic carbocycles. The van der Waals surface area contributed by atoms with Crippen LogP contribution in [0.2, 0.25) is 5.02 Å². The Bertz CT molecular complexity index is 574. The van der Waals surface area contributed by atoms with Crippen molar-refractivity contribution in [3.63, 3.8) is 0 Å². The van der Waals surface area contributed by atoms with Crippen molar-refractivity contribution in [3.8, 4) is 5.75 Å². The van der Waals surface area contributed by atoms with Crippen molar-refractivity contribution in [2.45, 2.75) is 25.8 Å². The molecule has 112 valence electrons. The van der Waals surface area contributed by atoms with Gasteiger partial charge in [0.1, 0.15) is 5.75 Å². The second-order valence-corrected chi connectivity index (χ2v) is 5.35. The number of likely N-dealkylation sites (N-methyl/N-ethyl adjacent to an activating group) is 1. The van der Waals surface area contributed by atoms with Crippen LogP contribution in [0.4, 0.5) is 0 Å². The van der Waals surface area contributed by atoms with Gasteiger partial charge in [-0.05, 0) is 43.1 Å². The van der Waals surface area contributed by atoms with Crippen LogP contribution in [0.25, 0.3) is 0 Å². The maximum absolute atomic E-state index is 6.24. The molecule has 0 amide bonds. The van der Waals surface area contributed by atoms with Crippen LogP contribution in [0.1, 0.15) is 30.5 Å². The Hall–Kier alpha value is -1.58. The van der Waals surface area contributed by atoms with Gasteiger partial charge >= 0.3 is 0 Å². The van der Waals surface area contributed by atoms with Gasteiger partial charge in [0.2, 0.25) is 0 Å². The summed E-state index contributed by atoms with van der Waals surface area (Å²) in [6.07, 6.45) is 5.42. The zero-order chi connectivity index (χ0) is 15.1. The van der Waals surface area contributed by atoms with Gasteiger partial charge in [-0.3, -0.25) is 4.98 Å². The van der Waals surface area contributed by atoms with Crippen molar-refractivity contribution in [1.82, 2.24) is 10.3 Å².